The van der Waals surface area contributed by atoms with Crippen LogP contribution in [0.25, 0.3) is 0 Å². The first-order valence-corrected chi connectivity index (χ1v) is 6.12. The summed E-state index contributed by atoms with van der Waals surface area (Å²) in [4.78, 5) is 11.6. The number of para-hydroxylation sites is 1. The van der Waals surface area contributed by atoms with Crippen molar-refractivity contribution in [1.82, 2.24) is 0 Å². The number of nitrogens with one attached hydrogen (secondary N) is 1. The molecule has 0 aliphatic rings. The maximum absolute atomic E-state index is 12.2. The highest BCUT2D eigenvalue weighted by Crippen LogP contribution is 2.22. The number of hydrogen-bond donors (Lipinski definition) is 1. The lowest BCUT2D eigenvalue weighted by Crippen LogP contribution is -2.16. The van der Waals surface area contributed by atoms with E-state index >= 15 is 0 Å². The van der Waals surface area contributed by atoms with Crippen LogP contribution in [-0.2, 0) is 6.42 Å². The van der Waals surface area contributed by atoms with Gasteiger partial charge in [0.2, 0.25) is 0 Å². The third-order valence-electron chi connectivity index (χ3n) is 2.56. The molecule has 110 valence electrons. The van der Waals surface area contributed by atoms with Gasteiger partial charge in [0.1, 0.15) is 5.75 Å². The Hall–Kier alpha value is -2.50. The van der Waals surface area contributed by atoms with Gasteiger partial charge in [0.05, 0.1) is 6.42 Å². The predicted octanol–water partition coefficient (Wildman–Crippen LogP) is 4.40. The quantitative estimate of drug-likeness (QED) is 0.911. The van der Waals surface area contributed by atoms with Gasteiger partial charge in [-0.05, 0) is 29.8 Å². The molecule has 0 saturated heterocycles. The van der Waals surface area contributed by atoms with E-state index < -0.39 is 18.7 Å². The molecule has 1 N–H and O–H groups in total. The Bertz CT molecular complexity index is 595. The Morgan fingerprint density at radius 1 is 1.00 bits per heavy atom. The zero-order valence-electron chi connectivity index (χ0n) is 10.9. The van der Waals surface area contributed by atoms with Crippen molar-refractivity contribution < 1.29 is 22.7 Å². The molecule has 0 saturated carbocycles. The van der Waals surface area contributed by atoms with Crippen molar-refractivity contribution in [1.29, 1.82) is 0 Å². The molecule has 21 heavy (non-hydrogen) atoms. The number of alkyl halides is 3. The van der Waals surface area contributed by atoms with Gasteiger partial charge >= 0.3 is 12.3 Å². The van der Waals surface area contributed by atoms with E-state index in [2.05, 4.69) is 5.32 Å². The van der Waals surface area contributed by atoms with Crippen molar-refractivity contribution in [2.45, 2.75) is 12.6 Å². The molecule has 0 unspecified atom stereocenters. The third-order valence-corrected chi connectivity index (χ3v) is 2.56. The Kier molecular flexibility index (Phi) is 4.47. The van der Waals surface area contributed by atoms with E-state index in [1.807, 2.05) is 0 Å². The Labute approximate surface area is 119 Å². The second-order valence-corrected chi connectivity index (χ2v) is 4.32. The molecule has 2 rings (SSSR count). The van der Waals surface area contributed by atoms with Crippen LogP contribution in [0.5, 0.6) is 5.75 Å². The van der Waals surface area contributed by atoms with Crippen LogP contribution in [0.3, 0.4) is 0 Å². The van der Waals surface area contributed by atoms with Crippen molar-refractivity contribution in [2.75, 3.05) is 5.32 Å². The highest BCUT2D eigenvalue weighted by molar-refractivity contribution is 5.86. The number of rotatable bonds is 3. The van der Waals surface area contributed by atoms with Crippen LogP contribution >= 0.6 is 0 Å². The van der Waals surface area contributed by atoms with Gasteiger partial charge in [0.15, 0.2) is 0 Å². The summed E-state index contributed by atoms with van der Waals surface area (Å²) in [6, 6.07) is 13.9. The molecule has 2 aromatic carbocycles. The first-order valence-electron chi connectivity index (χ1n) is 6.12. The highest BCUT2D eigenvalue weighted by Gasteiger charge is 2.27. The van der Waals surface area contributed by atoms with E-state index in [1.165, 1.54) is 24.3 Å². The van der Waals surface area contributed by atoms with Gasteiger partial charge in [0.25, 0.3) is 0 Å². The molecule has 0 aliphatic carbocycles. The smallest absolute Gasteiger partial charge is 0.410 e. The second-order valence-electron chi connectivity index (χ2n) is 4.32. The highest BCUT2D eigenvalue weighted by atomic mass is 19.4. The van der Waals surface area contributed by atoms with Crippen LogP contribution in [-0.4, -0.2) is 12.3 Å². The minimum absolute atomic E-state index is 0.129. The minimum Gasteiger partial charge on any atom is -0.410 e. The summed E-state index contributed by atoms with van der Waals surface area (Å²) in [5, 5.41) is 2.44. The second kappa shape index (κ2) is 6.30. The molecule has 0 aromatic heterocycles. The van der Waals surface area contributed by atoms with Crippen molar-refractivity contribution in [3.8, 4) is 5.75 Å². The Balaban J connectivity index is 1.92. The van der Waals surface area contributed by atoms with Crippen molar-refractivity contribution in [2.24, 2.45) is 0 Å². The van der Waals surface area contributed by atoms with E-state index in [0.29, 0.717) is 11.4 Å². The summed E-state index contributed by atoms with van der Waals surface area (Å²) in [5.41, 5.74) is 0.492. The first kappa shape index (κ1) is 14.9. The summed E-state index contributed by atoms with van der Waals surface area (Å²) < 4.78 is 41.6. The standard InChI is InChI=1S/C15H12F3NO2/c16-15(17,18)10-11-6-8-12(9-7-11)19-14(20)21-13-4-2-1-3-5-13/h1-9H,10H2,(H,19,20). The number of hydrogen-bond acceptors (Lipinski definition) is 2. The molecular formula is C15H12F3NO2. The number of anilines is 1. The summed E-state index contributed by atoms with van der Waals surface area (Å²) in [5.74, 6) is 0.378. The van der Waals surface area contributed by atoms with Crippen LogP contribution in [0, 0.1) is 0 Å². The molecule has 0 bridgehead atoms. The SMILES string of the molecule is O=C(Nc1ccc(CC(F)(F)F)cc1)Oc1ccccc1. The lowest BCUT2D eigenvalue weighted by atomic mass is 10.1. The molecule has 2 aromatic rings. The van der Waals surface area contributed by atoms with E-state index in [1.54, 1.807) is 30.3 Å². The first-order chi connectivity index (χ1) is 9.92. The molecule has 3 nitrogen and oxygen atoms in total. The molecule has 0 atom stereocenters. The average Bonchev–Trinajstić information content (AvgIpc) is 2.40. The fourth-order valence-electron chi connectivity index (χ4n) is 1.68. The van der Waals surface area contributed by atoms with E-state index in [9.17, 15) is 18.0 Å². The van der Waals surface area contributed by atoms with Crippen LogP contribution in [0.2, 0.25) is 0 Å². The normalized spacial score (nSPS) is 11.0. The fraction of sp³-hybridized carbons (Fsp3) is 0.133. The molecule has 6 heteroatoms. The van der Waals surface area contributed by atoms with E-state index in [0.717, 1.165) is 0 Å². The van der Waals surface area contributed by atoms with Gasteiger partial charge in [-0.1, -0.05) is 30.3 Å². The van der Waals surface area contributed by atoms with Gasteiger partial charge in [-0.15, -0.1) is 0 Å². The van der Waals surface area contributed by atoms with E-state index in [4.69, 9.17) is 4.74 Å². The maximum atomic E-state index is 12.2. The lowest BCUT2D eigenvalue weighted by molar-refractivity contribution is -0.127. The summed E-state index contributed by atoms with van der Waals surface area (Å²) in [6.07, 6.45) is -5.95. The van der Waals surface area contributed by atoms with Gasteiger partial charge in [0, 0.05) is 5.69 Å². The minimum atomic E-state index is -4.25. The number of ether oxygens (including phenoxy) is 1. The van der Waals surface area contributed by atoms with Crippen molar-refractivity contribution >= 4 is 11.8 Å². The zero-order chi connectivity index (χ0) is 15.3. The molecule has 0 spiro atoms. The summed E-state index contributed by atoms with van der Waals surface area (Å²) in [6.45, 7) is 0. The zero-order valence-corrected chi connectivity index (χ0v) is 10.9. The van der Waals surface area contributed by atoms with Gasteiger partial charge in [-0.25, -0.2) is 4.79 Å². The number of amides is 1. The fourth-order valence-corrected chi connectivity index (χ4v) is 1.68. The molecule has 0 fully saturated rings. The lowest BCUT2D eigenvalue weighted by Gasteiger charge is -2.09. The number of benzene rings is 2. The molecular weight excluding hydrogens is 283 g/mol. The molecule has 0 heterocycles. The van der Waals surface area contributed by atoms with Crippen molar-refractivity contribution in [3.63, 3.8) is 0 Å². The summed E-state index contributed by atoms with van der Waals surface area (Å²) >= 11 is 0. The summed E-state index contributed by atoms with van der Waals surface area (Å²) in [7, 11) is 0. The van der Waals surface area contributed by atoms with Gasteiger partial charge in [-0.2, -0.15) is 13.2 Å². The largest absolute Gasteiger partial charge is 0.417 e. The number of carbonyl (C=O) groups is 1. The molecule has 0 aliphatic heterocycles. The number of carbonyl (C=O) groups excluding carboxylic acids is 1. The van der Waals surface area contributed by atoms with Gasteiger partial charge < -0.3 is 4.74 Å². The molecule has 1 amide bonds. The Morgan fingerprint density at radius 2 is 1.62 bits per heavy atom. The van der Waals surface area contributed by atoms with Gasteiger partial charge in [-0.3, -0.25) is 5.32 Å². The van der Waals surface area contributed by atoms with Crippen molar-refractivity contribution in [3.05, 3.63) is 60.2 Å². The predicted molar refractivity (Wildman–Crippen MR) is 72.3 cm³/mol. The molecule has 0 radical (unpaired) electrons. The van der Waals surface area contributed by atoms with Crippen LogP contribution in [0.1, 0.15) is 5.56 Å². The van der Waals surface area contributed by atoms with E-state index in [-0.39, 0.29) is 5.56 Å². The van der Waals surface area contributed by atoms with Crippen LogP contribution < -0.4 is 10.1 Å². The average molecular weight is 295 g/mol. The van der Waals surface area contributed by atoms with Crippen LogP contribution in [0.4, 0.5) is 23.7 Å². The monoisotopic (exact) mass is 295 g/mol. The third kappa shape index (κ3) is 5.18. The maximum Gasteiger partial charge on any atom is 0.417 e. The number of halogens is 3. The Morgan fingerprint density at radius 3 is 2.19 bits per heavy atom. The van der Waals surface area contributed by atoms with Crippen LogP contribution in [0.15, 0.2) is 54.6 Å². The topological polar surface area (TPSA) is 38.3 Å².